The van der Waals surface area contributed by atoms with Crippen molar-refractivity contribution in [1.82, 2.24) is 0 Å². The van der Waals surface area contributed by atoms with E-state index in [1.165, 1.54) is 0 Å². The molecule has 0 radical (unpaired) electrons. The summed E-state index contributed by atoms with van der Waals surface area (Å²) in [6.07, 6.45) is 3.80. The largest absolute Gasteiger partial charge is 0.489 e. The SMILES string of the molecule is CCOC(=O)CN=C1C=C(Nc2ccc(OCc3ccccc3)cc2)CC(C)(C)C1. The van der Waals surface area contributed by atoms with Crippen LogP contribution in [0.2, 0.25) is 0 Å². The molecule has 0 saturated carbocycles. The number of nitrogens with zero attached hydrogens (tertiary/aromatic N) is 1. The maximum atomic E-state index is 11.6. The van der Waals surface area contributed by atoms with Gasteiger partial charge in [-0.15, -0.1) is 0 Å². The molecule has 0 aromatic heterocycles. The molecule has 0 saturated heterocycles. The van der Waals surface area contributed by atoms with Crippen molar-refractivity contribution in [3.8, 4) is 5.75 Å². The molecule has 3 rings (SSSR count). The van der Waals surface area contributed by atoms with Gasteiger partial charge in [0.1, 0.15) is 18.9 Å². The van der Waals surface area contributed by atoms with E-state index >= 15 is 0 Å². The lowest BCUT2D eigenvalue weighted by Gasteiger charge is -2.31. The molecule has 5 nitrogen and oxygen atoms in total. The topological polar surface area (TPSA) is 59.9 Å². The molecule has 158 valence electrons. The van der Waals surface area contributed by atoms with Crippen LogP contribution in [0.5, 0.6) is 5.75 Å². The van der Waals surface area contributed by atoms with Gasteiger partial charge in [-0.05, 0) is 61.1 Å². The third-order valence-corrected chi connectivity index (χ3v) is 4.79. The normalized spacial score (nSPS) is 16.6. The Morgan fingerprint density at radius 2 is 1.80 bits per heavy atom. The summed E-state index contributed by atoms with van der Waals surface area (Å²) in [4.78, 5) is 16.1. The molecule has 1 aliphatic rings. The summed E-state index contributed by atoms with van der Waals surface area (Å²) in [6, 6.07) is 18.1. The monoisotopic (exact) mass is 406 g/mol. The van der Waals surface area contributed by atoms with Gasteiger partial charge in [-0.1, -0.05) is 44.2 Å². The fourth-order valence-electron chi connectivity index (χ4n) is 3.49. The molecule has 2 aromatic rings. The fraction of sp³-hybridized carbons (Fsp3) is 0.360. The van der Waals surface area contributed by atoms with Crippen LogP contribution in [0.25, 0.3) is 0 Å². The number of hydrogen-bond acceptors (Lipinski definition) is 5. The summed E-state index contributed by atoms with van der Waals surface area (Å²) in [6.45, 7) is 7.21. The number of ether oxygens (including phenoxy) is 2. The summed E-state index contributed by atoms with van der Waals surface area (Å²) in [5.74, 6) is 0.543. The van der Waals surface area contributed by atoms with Crippen LogP contribution >= 0.6 is 0 Å². The maximum absolute atomic E-state index is 11.6. The van der Waals surface area contributed by atoms with Gasteiger partial charge in [0.2, 0.25) is 0 Å². The van der Waals surface area contributed by atoms with Crippen LogP contribution in [-0.2, 0) is 16.1 Å². The zero-order valence-corrected chi connectivity index (χ0v) is 18.0. The highest BCUT2D eigenvalue weighted by atomic mass is 16.5. The molecule has 0 unspecified atom stereocenters. The second kappa shape index (κ2) is 10.1. The van der Waals surface area contributed by atoms with Crippen molar-refractivity contribution in [1.29, 1.82) is 0 Å². The Morgan fingerprint density at radius 1 is 1.07 bits per heavy atom. The Labute approximate surface area is 178 Å². The Hall–Kier alpha value is -3.08. The van der Waals surface area contributed by atoms with Crippen LogP contribution in [0.3, 0.4) is 0 Å². The number of benzene rings is 2. The first-order valence-electron chi connectivity index (χ1n) is 10.4. The van der Waals surface area contributed by atoms with E-state index in [1.54, 1.807) is 6.92 Å². The second-order valence-corrected chi connectivity index (χ2v) is 8.22. The standard InChI is InChI=1S/C25H30N2O3/c1-4-29-24(28)17-26-21-14-22(16-25(2,3)15-21)27-20-10-12-23(13-11-20)30-18-19-8-6-5-7-9-19/h5-14,27H,4,15-18H2,1-3H3. The predicted molar refractivity (Wildman–Crippen MR) is 121 cm³/mol. The maximum Gasteiger partial charge on any atom is 0.327 e. The van der Waals surface area contributed by atoms with Crippen molar-refractivity contribution in [2.75, 3.05) is 18.5 Å². The van der Waals surface area contributed by atoms with E-state index in [9.17, 15) is 4.79 Å². The zero-order valence-electron chi connectivity index (χ0n) is 18.0. The number of esters is 1. The molecule has 0 fully saturated rings. The van der Waals surface area contributed by atoms with Crippen LogP contribution in [0.1, 0.15) is 39.2 Å². The molecular weight excluding hydrogens is 376 g/mol. The van der Waals surface area contributed by atoms with Crippen LogP contribution < -0.4 is 10.1 Å². The van der Waals surface area contributed by atoms with E-state index in [-0.39, 0.29) is 17.9 Å². The summed E-state index contributed by atoms with van der Waals surface area (Å²) in [5, 5.41) is 3.49. The first kappa shape index (κ1) is 21.6. The average Bonchev–Trinajstić information content (AvgIpc) is 2.72. The lowest BCUT2D eigenvalue weighted by atomic mass is 9.78. The number of carbonyl (C=O) groups is 1. The second-order valence-electron chi connectivity index (χ2n) is 8.22. The number of aliphatic imine (C=N–C) groups is 1. The van der Waals surface area contributed by atoms with Crippen molar-refractivity contribution in [3.05, 3.63) is 71.9 Å². The van der Waals surface area contributed by atoms with Crippen molar-refractivity contribution < 1.29 is 14.3 Å². The van der Waals surface area contributed by atoms with Gasteiger partial charge in [-0.25, -0.2) is 0 Å². The Bertz CT molecular complexity index is 900. The minimum atomic E-state index is -0.289. The number of carbonyl (C=O) groups excluding carboxylic acids is 1. The fourth-order valence-corrected chi connectivity index (χ4v) is 3.49. The lowest BCUT2D eigenvalue weighted by Crippen LogP contribution is -2.25. The minimum absolute atomic E-state index is 0.0660. The molecule has 0 amide bonds. The van der Waals surface area contributed by atoms with Crippen molar-refractivity contribution in [2.45, 2.75) is 40.2 Å². The molecule has 0 spiro atoms. The highest BCUT2D eigenvalue weighted by molar-refractivity contribution is 5.98. The smallest absolute Gasteiger partial charge is 0.327 e. The summed E-state index contributed by atoms with van der Waals surface area (Å²) in [7, 11) is 0. The van der Waals surface area contributed by atoms with Crippen LogP contribution in [-0.4, -0.2) is 24.8 Å². The van der Waals surface area contributed by atoms with Gasteiger partial charge in [0.15, 0.2) is 0 Å². The predicted octanol–water partition coefficient (Wildman–Crippen LogP) is 5.39. The Kier molecular flexibility index (Phi) is 7.28. The molecule has 1 aliphatic carbocycles. The number of nitrogens with one attached hydrogen (secondary N) is 1. The number of allylic oxidation sites excluding steroid dienone is 2. The van der Waals surface area contributed by atoms with Crippen LogP contribution in [0.4, 0.5) is 5.69 Å². The van der Waals surface area contributed by atoms with Crippen molar-refractivity contribution in [2.24, 2.45) is 10.4 Å². The summed E-state index contributed by atoms with van der Waals surface area (Å²) in [5.41, 5.74) is 4.22. The number of anilines is 1. The number of rotatable bonds is 8. The molecule has 0 heterocycles. The van der Waals surface area contributed by atoms with E-state index in [0.717, 1.165) is 41.3 Å². The van der Waals surface area contributed by atoms with E-state index in [4.69, 9.17) is 9.47 Å². The third-order valence-electron chi connectivity index (χ3n) is 4.79. The van der Waals surface area contributed by atoms with Crippen LogP contribution in [0, 0.1) is 5.41 Å². The van der Waals surface area contributed by atoms with Gasteiger partial charge in [0.25, 0.3) is 0 Å². The summed E-state index contributed by atoms with van der Waals surface area (Å²) < 4.78 is 10.8. The number of hydrogen-bond donors (Lipinski definition) is 1. The van der Waals surface area contributed by atoms with Crippen molar-refractivity contribution in [3.63, 3.8) is 0 Å². The van der Waals surface area contributed by atoms with Gasteiger partial charge >= 0.3 is 5.97 Å². The summed E-state index contributed by atoms with van der Waals surface area (Å²) >= 11 is 0. The van der Waals surface area contributed by atoms with E-state index in [2.05, 4.69) is 24.2 Å². The molecule has 1 N–H and O–H groups in total. The van der Waals surface area contributed by atoms with Gasteiger partial charge in [0, 0.05) is 17.1 Å². The quantitative estimate of drug-likeness (QED) is 0.598. The molecule has 5 heteroatoms. The van der Waals surface area contributed by atoms with Gasteiger partial charge in [-0.2, -0.15) is 0 Å². The van der Waals surface area contributed by atoms with E-state index in [0.29, 0.717) is 13.2 Å². The van der Waals surface area contributed by atoms with E-state index in [1.807, 2.05) is 60.7 Å². The Morgan fingerprint density at radius 3 is 2.50 bits per heavy atom. The molecule has 0 atom stereocenters. The van der Waals surface area contributed by atoms with Crippen molar-refractivity contribution >= 4 is 17.4 Å². The zero-order chi connectivity index (χ0) is 21.4. The first-order valence-corrected chi connectivity index (χ1v) is 10.4. The highest BCUT2D eigenvalue weighted by Gasteiger charge is 2.26. The molecule has 0 aliphatic heterocycles. The minimum Gasteiger partial charge on any atom is -0.489 e. The highest BCUT2D eigenvalue weighted by Crippen LogP contribution is 2.34. The molecule has 0 bridgehead atoms. The van der Waals surface area contributed by atoms with Crippen LogP contribution in [0.15, 0.2) is 71.4 Å². The molecule has 2 aromatic carbocycles. The van der Waals surface area contributed by atoms with Gasteiger partial charge in [-0.3, -0.25) is 9.79 Å². The van der Waals surface area contributed by atoms with Gasteiger partial charge in [0.05, 0.1) is 6.61 Å². The first-order chi connectivity index (χ1) is 14.4. The average molecular weight is 407 g/mol. The Balaban J connectivity index is 1.62. The lowest BCUT2D eigenvalue weighted by molar-refractivity contribution is -0.141. The third kappa shape index (κ3) is 6.76. The van der Waals surface area contributed by atoms with E-state index < -0.39 is 0 Å². The molecular formula is C25H30N2O3. The van der Waals surface area contributed by atoms with Gasteiger partial charge < -0.3 is 14.8 Å². The molecule has 30 heavy (non-hydrogen) atoms.